The number of benzene rings is 1. The Hall–Kier alpha value is -0.700. The normalized spacial score (nSPS) is 12.1. The third-order valence-electron chi connectivity index (χ3n) is 3.33. The maximum atomic E-state index is 12.6. The van der Waals surface area contributed by atoms with Crippen LogP contribution in [-0.2, 0) is 4.79 Å². The Kier molecular flexibility index (Phi) is 7.67. The third kappa shape index (κ3) is 5.64. The van der Waals surface area contributed by atoms with E-state index in [2.05, 4.69) is 58.4 Å². The Morgan fingerprint density at radius 3 is 2.24 bits per heavy atom. The topological polar surface area (TPSA) is 58.2 Å². The number of thiophene rings is 1. The van der Waals surface area contributed by atoms with E-state index in [1.807, 2.05) is 44.2 Å². The highest BCUT2D eigenvalue weighted by Gasteiger charge is 2.26. The molecule has 0 aliphatic rings. The number of carbonyl (C=O) groups is 2. The van der Waals surface area contributed by atoms with Crippen molar-refractivity contribution < 1.29 is 9.59 Å². The lowest BCUT2D eigenvalue weighted by Crippen LogP contribution is -2.44. The Balaban J connectivity index is 2.15. The van der Waals surface area contributed by atoms with Gasteiger partial charge in [0.2, 0.25) is 5.91 Å². The fourth-order valence-electron chi connectivity index (χ4n) is 2.19. The second kappa shape index (κ2) is 9.30. The molecule has 0 spiro atoms. The van der Waals surface area contributed by atoms with Gasteiger partial charge in [-0.1, -0.05) is 32.0 Å². The van der Waals surface area contributed by atoms with Gasteiger partial charge >= 0.3 is 0 Å². The van der Waals surface area contributed by atoms with Crippen molar-refractivity contribution >= 4 is 76.6 Å². The van der Waals surface area contributed by atoms with Gasteiger partial charge in [0.1, 0.15) is 10.9 Å². The van der Waals surface area contributed by atoms with Gasteiger partial charge in [-0.2, -0.15) is 0 Å². The standard InChI is InChI=1S/C17H17Br3N2O2S/c1-9(2)8-11(16(23)21-10-6-4-3-5-7-10)22-17(24)14-12(18)13(19)15(20)25-14/h3-7,9,11H,8H2,1-2H3,(H,21,23)(H,22,24)/t11-/m0/s1. The lowest BCUT2D eigenvalue weighted by atomic mass is 10.0. The number of para-hydroxylation sites is 1. The van der Waals surface area contributed by atoms with Crippen molar-refractivity contribution in [1.29, 1.82) is 0 Å². The summed E-state index contributed by atoms with van der Waals surface area (Å²) in [7, 11) is 0. The molecule has 134 valence electrons. The third-order valence-corrected chi connectivity index (χ3v) is 8.37. The molecule has 8 heteroatoms. The molecule has 0 saturated carbocycles. The summed E-state index contributed by atoms with van der Waals surface area (Å²) in [4.78, 5) is 25.8. The molecule has 0 radical (unpaired) electrons. The number of carbonyl (C=O) groups excluding carboxylic acids is 2. The fraction of sp³-hybridized carbons (Fsp3) is 0.294. The van der Waals surface area contributed by atoms with Crippen molar-refractivity contribution in [3.05, 3.63) is 47.9 Å². The van der Waals surface area contributed by atoms with Crippen LogP contribution in [0.1, 0.15) is 29.9 Å². The average Bonchev–Trinajstić information content (AvgIpc) is 2.82. The number of rotatable bonds is 6. The molecule has 1 atom stereocenters. The number of amides is 2. The first kappa shape index (κ1) is 20.6. The van der Waals surface area contributed by atoms with Crippen LogP contribution in [0.25, 0.3) is 0 Å². The van der Waals surface area contributed by atoms with Gasteiger partial charge in [-0.3, -0.25) is 9.59 Å². The van der Waals surface area contributed by atoms with Crippen molar-refractivity contribution in [2.75, 3.05) is 5.32 Å². The maximum Gasteiger partial charge on any atom is 0.263 e. The van der Waals surface area contributed by atoms with Crippen LogP contribution in [0.2, 0.25) is 0 Å². The molecule has 0 fully saturated rings. The van der Waals surface area contributed by atoms with Crippen LogP contribution < -0.4 is 10.6 Å². The van der Waals surface area contributed by atoms with E-state index in [-0.39, 0.29) is 17.7 Å². The predicted molar refractivity (Wildman–Crippen MR) is 113 cm³/mol. The summed E-state index contributed by atoms with van der Waals surface area (Å²) in [5.41, 5.74) is 0.707. The summed E-state index contributed by atoms with van der Waals surface area (Å²) < 4.78 is 2.28. The number of anilines is 1. The highest BCUT2D eigenvalue weighted by molar-refractivity contribution is 9.14. The van der Waals surface area contributed by atoms with Crippen LogP contribution in [0.15, 0.2) is 43.1 Å². The van der Waals surface area contributed by atoms with Gasteiger partial charge < -0.3 is 10.6 Å². The highest BCUT2D eigenvalue weighted by Crippen LogP contribution is 2.40. The minimum Gasteiger partial charge on any atom is -0.339 e. The van der Waals surface area contributed by atoms with Crippen molar-refractivity contribution in [3.63, 3.8) is 0 Å². The molecule has 0 bridgehead atoms. The molecule has 2 N–H and O–H groups in total. The van der Waals surface area contributed by atoms with Gasteiger partial charge in [-0.15, -0.1) is 11.3 Å². The molecule has 1 aromatic carbocycles. The predicted octanol–water partition coefficient (Wildman–Crippen LogP) is 5.82. The van der Waals surface area contributed by atoms with Crippen LogP contribution >= 0.6 is 59.1 Å². The van der Waals surface area contributed by atoms with E-state index in [0.717, 1.165) is 8.26 Å². The first-order valence-corrected chi connectivity index (χ1v) is 10.8. The van der Waals surface area contributed by atoms with E-state index in [1.165, 1.54) is 11.3 Å². The number of nitrogens with one attached hydrogen (secondary N) is 2. The summed E-state index contributed by atoms with van der Waals surface area (Å²) >= 11 is 11.5. The number of hydrogen-bond acceptors (Lipinski definition) is 3. The molecule has 2 aromatic rings. The highest BCUT2D eigenvalue weighted by atomic mass is 79.9. The van der Waals surface area contributed by atoms with Crippen molar-refractivity contribution in [3.8, 4) is 0 Å². The van der Waals surface area contributed by atoms with E-state index in [9.17, 15) is 9.59 Å². The largest absolute Gasteiger partial charge is 0.339 e. The van der Waals surface area contributed by atoms with Crippen LogP contribution in [0.4, 0.5) is 5.69 Å². The maximum absolute atomic E-state index is 12.6. The average molecular weight is 553 g/mol. The summed E-state index contributed by atoms with van der Waals surface area (Å²) in [5, 5.41) is 5.71. The molecule has 2 rings (SSSR count). The van der Waals surface area contributed by atoms with E-state index in [4.69, 9.17) is 0 Å². The fourth-order valence-corrected chi connectivity index (χ4v) is 5.18. The second-order valence-electron chi connectivity index (χ2n) is 5.84. The Bertz CT molecular complexity index is 763. The summed E-state index contributed by atoms with van der Waals surface area (Å²) in [6, 6.07) is 8.60. The van der Waals surface area contributed by atoms with E-state index in [1.54, 1.807) is 0 Å². The number of hydrogen-bond donors (Lipinski definition) is 2. The lowest BCUT2D eigenvalue weighted by molar-refractivity contribution is -0.118. The zero-order valence-corrected chi connectivity index (χ0v) is 19.2. The molecular weight excluding hydrogens is 536 g/mol. The molecule has 0 unspecified atom stereocenters. The molecule has 1 heterocycles. The Morgan fingerprint density at radius 2 is 1.72 bits per heavy atom. The molecule has 25 heavy (non-hydrogen) atoms. The van der Waals surface area contributed by atoms with Crippen molar-refractivity contribution in [2.24, 2.45) is 5.92 Å². The zero-order valence-electron chi connectivity index (χ0n) is 13.6. The quantitative estimate of drug-likeness (QED) is 0.474. The first-order valence-electron chi connectivity index (χ1n) is 7.59. The number of halogens is 3. The van der Waals surface area contributed by atoms with Crippen molar-refractivity contribution in [1.82, 2.24) is 5.32 Å². The smallest absolute Gasteiger partial charge is 0.263 e. The molecule has 0 saturated heterocycles. The Morgan fingerprint density at radius 1 is 1.08 bits per heavy atom. The van der Waals surface area contributed by atoms with Crippen LogP contribution in [-0.4, -0.2) is 17.9 Å². The summed E-state index contributed by atoms with van der Waals surface area (Å²) in [6.45, 7) is 4.03. The van der Waals surface area contributed by atoms with Gasteiger partial charge in [-0.05, 0) is 72.3 Å². The summed E-state index contributed by atoms with van der Waals surface area (Å²) in [6.07, 6.45) is 0.551. The SMILES string of the molecule is CC(C)C[C@H](NC(=O)c1sc(Br)c(Br)c1Br)C(=O)Nc1ccccc1. The second-order valence-corrected chi connectivity index (χ2v) is 9.77. The van der Waals surface area contributed by atoms with E-state index in [0.29, 0.717) is 21.5 Å². The van der Waals surface area contributed by atoms with E-state index < -0.39 is 6.04 Å². The minimum atomic E-state index is -0.612. The molecule has 0 aliphatic heterocycles. The van der Waals surface area contributed by atoms with Crippen LogP contribution in [0, 0.1) is 5.92 Å². The lowest BCUT2D eigenvalue weighted by Gasteiger charge is -2.20. The van der Waals surface area contributed by atoms with Gasteiger partial charge in [0.15, 0.2) is 0 Å². The molecular formula is C17H17Br3N2O2S. The van der Waals surface area contributed by atoms with Gasteiger partial charge in [0, 0.05) is 5.69 Å². The Labute approximate surface area is 176 Å². The van der Waals surface area contributed by atoms with E-state index >= 15 is 0 Å². The molecule has 4 nitrogen and oxygen atoms in total. The minimum absolute atomic E-state index is 0.223. The summed E-state index contributed by atoms with van der Waals surface area (Å²) in [5.74, 6) is -0.242. The molecule has 0 aliphatic carbocycles. The van der Waals surface area contributed by atoms with Crippen LogP contribution in [0.3, 0.4) is 0 Å². The molecule has 2 amide bonds. The van der Waals surface area contributed by atoms with Crippen molar-refractivity contribution in [2.45, 2.75) is 26.3 Å². The first-order chi connectivity index (χ1) is 11.8. The van der Waals surface area contributed by atoms with Gasteiger partial charge in [0.25, 0.3) is 5.91 Å². The van der Waals surface area contributed by atoms with Gasteiger partial charge in [0.05, 0.1) is 12.7 Å². The van der Waals surface area contributed by atoms with Crippen LogP contribution in [0.5, 0.6) is 0 Å². The monoisotopic (exact) mass is 550 g/mol. The molecule has 1 aromatic heterocycles. The van der Waals surface area contributed by atoms with Gasteiger partial charge in [-0.25, -0.2) is 0 Å². The zero-order chi connectivity index (χ0) is 18.6.